The van der Waals surface area contributed by atoms with Gasteiger partial charge in [-0.2, -0.15) is 0 Å². The molecule has 1 saturated heterocycles. The van der Waals surface area contributed by atoms with E-state index in [1.807, 2.05) is 28.8 Å². The second-order valence-corrected chi connectivity index (χ2v) is 8.08. The highest BCUT2D eigenvalue weighted by atomic mass is 35.5. The topological polar surface area (TPSA) is 38.8 Å². The first kappa shape index (κ1) is 19.9. The number of hydrogen-bond acceptors (Lipinski definition) is 4. The molecule has 0 N–H and O–H groups in total. The molecular formula is C21H24ClNO3S. The second kappa shape index (κ2) is 9.90. The largest absolute Gasteiger partial charge is 0.497 e. The number of methoxy groups -OCH3 is 1. The quantitative estimate of drug-likeness (QED) is 0.622. The van der Waals surface area contributed by atoms with Gasteiger partial charge in [0.2, 0.25) is 0 Å². The molecule has 1 fully saturated rings. The molecule has 4 nitrogen and oxygen atoms in total. The van der Waals surface area contributed by atoms with Crippen LogP contribution in [0.3, 0.4) is 0 Å². The Bertz CT molecular complexity index is 728. The Kier molecular flexibility index (Phi) is 7.30. The number of rotatable bonds is 7. The number of likely N-dealkylation sites (tertiary alicyclic amines) is 1. The van der Waals surface area contributed by atoms with Crippen LogP contribution in [0.4, 0.5) is 0 Å². The number of halogens is 1. The lowest BCUT2D eigenvalue weighted by molar-refractivity contribution is -0.134. The molecule has 1 aliphatic rings. The molecule has 27 heavy (non-hydrogen) atoms. The average molecular weight is 406 g/mol. The molecule has 0 unspecified atom stereocenters. The van der Waals surface area contributed by atoms with Crippen molar-refractivity contribution in [1.29, 1.82) is 0 Å². The van der Waals surface area contributed by atoms with Gasteiger partial charge in [-0.15, -0.1) is 11.8 Å². The first-order valence-electron chi connectivity index (χ1n) is 9.07. The third-order valence-electron chi connectivity index (χ3n) is 4.69. The number of benzene rings is 2. The van der Waals surface area contributed by atoms with Crippen molar-refractivity contribution in [3.05, 3.63) is 53.6 Å². The Hall–Kier alpha value is -1.85. The fourth-order valence-corrected chi connectivity index (χ4v) is 4.22. The summed E-state index contributed by atoms with van der Waals surface area (Å²) in [4.78, 5) is 15.5. The Labute approximate surface area is 169 Å². The third-order valence-corrected chi connectivity index (χ3v) is 6.18. The maximum atomic E-state index is 12.3. The molecular weight excluding hydrogens is 382 g/mol. The SMILES string of the molecule is COc1ccc(SCC2CCN(C(=O)COc3ccc(Cl)cc3)CC2)cc1. The van der Waals surface area contributed by atoms with E-state index in [4.69, 9.17) is 21.1 Å². The maximum absolute atomic E-state index is 12.3. The molecule has 2 aromatic carbocycles. The zero-order chi connectivity index (χ0) is 19.1. The van der Waals surface area contributed by atoms with Crippen LogP contribution in [0.5, 0.6) is 11.5 Å². The zero-order valence-corrected chi connectivity index (χ0v) is 17.0. The molecule has 0 bridgehead atoms. The van der Waals surface area contributed by atoms with E-state index in [0.29, 0.717) is 16.7 Å². The van der Waals surface area contributed by atoms with Crippen molar-refractivity contribution in [2.45, 2.75) is 17.7 Å². The van der Waals surface area contributed by atoms with Crippen LogP contribution in [0.1, 0.15) is 12.8 Å². The highest BCUT2D eigenvalue weighted by Crippen LogP contribution is 2.28. The van der Waals surface area contributed by atoms with Crippen LogP contribution in [-0.4, -0.2) is 43.4 Å². The summed E-state index contributed by atoms with van der Waals surface area (Å²) in [7, 11) is 1.68. The maximum Gasteiger partial charge on any atom is 0.260 e. The van der Waals surface area contributed by atoms with Gasteiger partial charge >= 0.3 is 0 Å². The highest BCUT2D eigenvalue weighted by molar-refractivity contribution is 7.99. The summed E-state index contributed by atoms with van der Waals surface area (Å²) in [5.74, 6) is 3.31. The molecule has 3 rings (SSSR count). The van der Waals surface area contributed by atoms with Gasteiger partial charge in [-0.25, -0.2) is 0 Å². The Balaban J connectivity index is 1.37. The normalized spacial score (nSPS) is 14.8. The summed E-state index contributed by atoms with van der Waals surface area (Å²) in [6, 6.07) is 15.2. The molecule has 0 aromatic heterocycles. The van der Waals surface area contributed by atoms with E-state index in [1.54, 1.807) is 31.4 Å². The molecule has 1 heterocycles. The van der Waals surface area contributed by atoms with Crippen molar-refractivity contribution in [3.8, 4) is 11.5 Å². The lowest BCUT2D eigenvalue weighted by Crippen LogP contribution is -2.41. The van der Waals surface area contributed by atoms with Crippen molar-refractivity contribution < 1.29 is 14.3 Å². The van der Waals surface area contributed by atoms with Crippen LogP contribution in [0.25, 0.3) is 0 Å². The van der Waals surface area contributed by atoms with Crippen molar-refractivity contribution in [1.82, 2.24) is 4.90 Å². The van der Waals surface area contributed by atoms with Gasteiger partial charge in [-0.3, -0.25) is 4.79 Å². The summed E-state index contributed by atoms with van der Waals surface area (Å²) in [6.07, 6.45) is 2.08. The van der Waals surface area contributed by atoms with Gasteiger partial charge in [0.05, 0.1) is 7.11 Å². The molecule has 1 aliphatic heterocycles. The van der Waals surface area contributed by atoms with E-state index in [9.17, 15) is 4.79 Å². The summed E-state index contributed by atoms with van der Waals surface area (Å²) < 4.78 is 10.8. The number of ether oxygens (including phenoxy) is 2. The zero-order valence-electron chi connectivity index (χ0n) is 15.4. The molecule has 0 aliphatic carbocycles. The predicted molar refractivity (Wildman–Crippen MR) is 110 cm³/mol. The van der Waals surface area contributed by atoms with E-state index in [0.717, 1.165) is 37.4 Å². The van der Waals surface area contributed by atoms with E-state index < -0.39 is 0 Å². The van der Waals surface area contributed by atoms with Crippen LogP contribution >= 0.6 is 23.4 Å². The first-order chi connectivity index (χ1) is 13.1. The third kappa shape index (κ3) is 6.08. The second-order valence-electron chi connectivity index (χ2n) is 6.55. The van der Waals surface area contributed by atoms with Gasteiger partial charge in [-0.1, -0.05) is 11.6 Å². The van der Waals surface area contributed by atoms with Crippen LogP contribution in [0.15, 0.2) is 53.4 Å². The van der Waals surface area contributed by atoms with Crippen molar-refractivity contribution in [2.75, 3.05) is 32.6 Å². The minimum Gasteiger partial charge on any atom is -0.497 e. The number of hydrogen-bond donors (Lipinski definition) is 0. The van der Waals surface area contributed by atoms with Gasteiger partial charge < -0.3 is 14.4 Å². The minimum absolute atomic E-state index is 0.0474. The number of piperidine rings is 1. The first-order valence-corrected chi connectivity index (χ1v) is 10.4. The van der Waals surface area contributed by atoms with Gasteiger partial charge in [0, 0.05) is 28.8 Å². The van der Waals surface area contributed by atoms with Gasteiger partial charge in [0.15, 0.2) is 6.61 Å². The minimum atomic E-state index is 0.0474. The van der Waals surface area contributed by atoms with Crippen molar-refractivity contribution >= 4 is 29.3 Å². The monoisotopic (exact) mass is 405 g/mol. The highest BCUT2D eigenvalue weighted by Gasteiger charge is 2.23. The fraction of sp³-hybridized carbons (Fsp3) is 0.381. The van der Waals surface area contributed by atoms with E-state index in [-0.39, 0.29) is 12.5 Å². The van der Waals surface area contributed by atoms with Crippen LogP contribution in [-0.2, 0) is 4.79 Å². The van der Waals surface area contributed by atoms with Crippen molar-refractivity contribution in [2.24, 2.45) is 5.92 Å². The molecule has 0 atom stereocenters. The van der Waals surface area contributed by atoms with Crippen molar-refractivity contribution in [3.63, 3.8) is 0 Å². The molecule has 0 radical (unpaired) electrons. The Morgan fingerprint density at radius 1 is 1.07 bits per heavy atom. The predicted octanol–water partition coefficient (Wildman–Crippen LogP) is 4.76. The lowest BCUT2D eigenvalue weighted by atomic mass is 9.99. The van der Waals surface area contributed by atoms with Gasteiger partial charge in [0.1, 0.15) is 11.5 Å². The summed E-state index contributed by atoms with van der Waals surface area (Å²) in [5.41, 5.74) is 0. The number of nitrogens with zero attached hydrogens (tertiary/aromatic N) is 1. The molecule has 1 amide bonds. The summed E-state index contributed by atoms with van der Waals surface area (Å²) in [6.45, 7) is 1.68. The number of carbonyl (C=O) groups excluding carboxylic acids is 1. The summed E-state index contributed by atoms with van der Waals surface area (Å²) in [5, 5.41) is 0.656. The fourth-order valence-electron chi connectivity index (χ4n) is 3.00. The van der Waals surface area contributed by atoms with Crippen LogP contribution in [0.2, 0.25) is 5.02 Å². The molecule has 0 saturated carbocycles. The van der Waals surface area contributed by atoms with Crippen LogP contribution < -0.4 is 9.47 Å². The smallest absolute Gasteiger partial charge is 0.260 e. The van der Waals surface area contributed by atoms with Gasteiger partial charge in [0.25, 0.3) is 5.91 Å². The number of amides is 1. The van der Waals surface area contributed by atoms with Gasteiger partial charge in [-0.05, 0) is 67.3 Å². The Morgan fingerprint density at radius 2 is 1.70 bits per heavy atom. The number of thioether (sulfide) groups is 1. The summed E-state index contributed by atoms with van der Waals surface area (Å²) >= 11 is 7.72. The lowest BCUT2D eigenvalue weighted by Gasteiger charge is -2.31. The average Bonchev–Trinajstić information content (AvgIpc) is 2.72. The molecule has 144 valence electrons. The van der Waals surface area contributed by atoms with E-state index in [1.165, 1.54) is 4.90 Å². The van der Waals surface area contributed by atoms with Crippen LogP contribution in [0, 0.1) is 5.92 Å². The molecule has 2 aromatic rings. The van der Waals surface area contributed by atoms with E-state index >= 15 is 0 Å². The Morgan fingerprint density at radius 3 is 2.33 bits per heavy atom. The van der Waals surface area contributed by atoms with E-state index in [2.05, 4.69) is 12.1 Å². The molecule has 0 spiro atoms. The standard InChI is InChI=1S/C21H24ClNO3S/c1-25-18-6-8-20(9-7-18)27-15-16-10-12-23(13-11-16)21(24)14-26-19-4-2-17(22)3-5-19/h2-9,16H,10-15H2,1H3. The molecule has 6 heteroatoms. The number of carbonyl (C=O) groups is 1.